The summed E-state index contributed by atoms with van der Waals surface area (Å²) < 4.78 is 10.7. The summed E-state index contributed by atoms with van der Waals surface area (Å²) in [6.45, 7) is 0.864. The molecular formula is C21H25N3O3. The fraction of sp³-hybridized carbons (Fsp3) is 0.429. The van der Waals surface area contributed by atoms with Crippen molar-refractivity contribution in [3.8, 4) is 11.5 Å². The van der Waals surface area contributed by atoms with Crippen LogP contribution in [0.3, 0.4) is 0 Å². The minimum Gasteiger partial charge on any atom is -0.454 e. The quantitative estimate of drug-likeness (QED) is 0.785. The molecule has 2 N–H and O–H groups in total. The molecule has 1 aromatic carbocycles. The molecule has 142 valence electrons. The van der Waals surface area contributed by atoms with Crippen LogP contribution in [0.4, 0.5) is 5.82 Å². The number of carbonyl (C=O) groups excluding carboxylic acids is 1. The van der Waals surface area contributed by atoms with Crippen molar-refractivity contribution < 1.29 is 14.3 Å². The van der Waals surface area contributed by atoms with Gasteiger partial charge in [0, 0.05) is 24.3 Å². The number of aromatic nitrogens is 1. The Morgan fingerprint density at radius 3 is 2.70 bits per heavy atom. The lowest BCUT2D eigenvalue weighted by Gasteiger charge is -2.16. The molecule has 6 heteroatoms. The zero-order chi connectivity index (χ0) is 18.5. The van der Waals surface area contributed by atoms with Gasteiger partial charge in [-0.2, -0.15) is 0 Å². The molecule has 1 fully saturated rings. The summed E-state index contributed by atoms with van der Waals surface area (Å²) in [4.78, 5) is 16.9. The Morgan fingerprint density at radius 2 is 1.85 bits per heavy atom. The van der Waals surface area contributed by atoms with Crippen LogP contribution >= 0.6 is 0 Å². The van der Waals surface area contributed by atoms with Crippen molar-refractivity contribution >= 4 is 11.7 Å². The van der Waals surface area contributed by atoms with Gasteiger partial charge in [0.25, 0.3) is 5.91 Å². The van der Waals surface area contributed by atoms with E-state index in [-0.39, 0.29) is 12.7 Å². The summed E-state index contributed by atoms with van der Waals surface area (Å²) in [5.41, 5.74) is 1.71. The van der Waals surface area contributed by atoms with E-state index in [4.69, 9.17) is 9.47 Å². The number of anilines is 1. The highest BCUT2D eigenvalue weighted by molar-refractivity contribution is 5.95. The Kier molecular flexibility index (Phi) is 5.42. The van der Waals surface area contributed by atoms with E-state index in [2.05, 4.69) is 15.6 Å². The fourth-order valence-electron chi connectivity index (χ4n) is 3.60. The van der Waals surface area contributed by atoms with Crippen LogP contribution in [0.1, 0.15) is 54.4 Å². The van der Waals surface area contributed by atoms with E-state index in [1.54, 1.807) is 18.3 Å². The summed E-state index contributed by atoms with van der Waals surface area (Å²) in [5.74, 6) is 2.20. The number of pyridine rings is 1. The summed E-state index contributed by atoms with van der Waals surface area (Å²) >= 11 is 0. The largest absolute Gasteiger partial charge is 0.454 e. The Hall–Kier alpha value is -2.76. The van der Waals surface area contributed by atoms with Gasteiger partial charge in [-0.15, -0.1) is 0 Å². The van der Waals surface area contributed by atoms with Crippen LogP contribution in [0.5, 0.6) is 11.5 Å². The molecule has 0 saturated heterocycles. The maximum Gasteiger partial charge on any atom is 0.251 e. The van der Waals surface area contributed by atoms with Crippen LogP contribution in [-0.4, -0.2) is 23.7 Å². The van der Waals surface area contributed by atoms with Crippen molar-refractivity contribution in [2.24, 2.45) is 0 Å². The first-order valence-corrected chi connectivity index (χ1v) is 9.67. The second kappa shape index (κ2) is 8.29. The summed E-state index contributed by atoms with van der Waals surface area (Å²) in [7, 11) is 0. The predicted octanol–water partition coefficient (Wildman–Crippen LogP) is 3.88. The minimum absolute atomic E-state index is 0.0181. The van der Waals surface area contributed by atoms with Crippen molar-refractivity contribution in [1.29, 1.82) is 0 Å². The second-order valence-electron chi connectivity index (χ2n) is 7.13. The topological polar surface area (TPSA) is 72.5 Å². The van der Waals surface area contributed by atoms with Gasteiger partial charge in [0.05, 0.1) is 0 Å². The fourth-order valence-corrected chi connectivity index (χ4v) is 3.60. The molecule has 0 radical (unpaired) electrons. The van der Waals surface area contributed by atoms with E-state index < -0.39 is 0 Å². The smallest absolute Gasteiger partial charge is 0.251 e. The van der Waals surface area contributed by atoms with Gasteiger partial charge in [0.2, 0.25) is 6.79 Å². The van der Waals surface area contributed by atoms with Crippen LogP contribution in [0, 0.1) is 0 Å². The van der Waals surface area contributed by atoms with E-state index in [0.717, 1.165) is 29.9 Å². The van der Waals surface area contributed by atoms with E-state index in [9.17, 15) is 4.79 Å². The van der Waals surface area contributed by atoms with Crippen molar-refractivity contribution in [2.45, 2.75) is 51.1 Å². The van der Waals surface area contributed by atoms with Gasteiger partial charge >= 0.3 is 0 Å². The van der Waals surface area contributed by atoms with Gasteiger partial charge in [-0.05, 0) is 42.7 Å². The molecule has 0 bridgehead atoms. The number of hydrogen-bond acceptors (Lipinski definition) is 5. The third-order valence-corrected chi connectivity index (χ3v) is 5.12. The molecule has 1 aliphatic heterocycles. The third-order valence-electron chi connectivity index (χ3n) is 5.12. The predicted molar refractivity (Wildman–Crippen MR) is 103 cm³/mol. The summed E-state index contributed by atoms with van der Waals surface area (Å²) in [5, 5.41) is 6.45. The molecule has 0 unspecified atom stereocenters. The average Bonchev–Trinajstić information content (AvgIpc) is 3.02. The average molecular weight is 367 g/mol. The van der Waals surface area contributed by atoms with Gasteiger partial charge in [-0.25, -0.2) is 4.98 Å². The molecule has 27 heavy (non-hydrogen) atoms. The Balaban J connectivity index is 1.36. The summed E-state index contributed by atoms with van der Waals surface area (Å²) in [6, 6.07) is 9.71. The number of carbonyl (C=O) groups is 1. The number of benzene rings is 1. The second-order valence-corrected chi connectivity index (χ2v) is 7.13. The molecule has 4 rings (SSSR count). The molecule has 6 nitrogen and oxygen atoms in total. The number of rotatable bonds is 5. The van der Waals surface area contributed by atoms with Crippen molar-refractivity contribution in [1.82, 2.24) is 10.3 Å². The molecule has 1 amide bonds. The van der Waals surface area contributed by atoms with Gasteiger partial charge in [0.15, 0.2) is 11.5 Å². The number of nitrogens with one attached hydrogen (secondary N) is 2. The highest BCUT2D eigenvalue weighted by Gasteiger charge is 2.16. The maximum atomic E-state index is 12.6. The highest BCUT2D eigenvalue weighted by Crippen LogP contribution is 2.32. The zero-order valence-corrected chi connectivity index (χ0v) is 15.4. The van der Waals surface area contributed by atoms with E-state index in [1.165, 1.54) is 25.7 Å². The van der Waals surface area contributed by atoms with Crippen LogP contribution in [0.15, 0.2) is 36.5 Å². The Bertz CT molecular complexity index is 801. The molecule has 2 heterocycles. The molecule has 2 aliphatic rings. The van der Waals surface area contributed by atoms with Gasteiger partial charge in [0.1, 0.15) is 5.82 Å². The molecule has 1 aromatic heterocycles. The maximum absolute atomic E-state index is 12.6. The normalized spacial score (nSPS) is 16.6. The van der Waals surface area contributed by atoms with E-state index >= 15 is 0 Å². The Morgan fingerprint density at radius 1 is 1.04 bits per heavy atom. The third kappa shape index (κ3) is 4.51. The molecule has 0 atom stereocenters. The lowest BCUT2D eigenvalue weighted by Crippen LogP contribution is -2.34. The van der Waals surface area contributed by atoms with E-state index in [0.29, 0.717) is 24.0 Å². The van der Waals surface area contributed by atoms with Crippen molar-refractivity contribution in [3.05, 3.63) is 47.7 Å². The number of nitrogens with zero attached hydrogens (tertiary/aromatic N) is 1. The number of hydrogen-bond donors (Lipinski definition) is 2. The highest BCUT2D eigenvalue weighted by atomic mass is 16.7. The first-order valence-electron chi connectivity index (χ1n) is 9.67. The molecule has 1 aliphatic carbocycles. The van der Waals surface area contributed by atoms with Gasteiger partial charge in [-0.1, -0.05) is 31.7 Å². The molecule has 1 saturated carbocycles. The van der Waals surface area contributed by atoms with Crippen molar-refractivity contribution in [2.75, 3.05) is 12.1 Å². The minimum atomic E-state index is -0.0181. The monoisotopic (exact) mass is 367 g/mol. The first-order chi connectivity index (χ1) is 13.3. The standard InChI is InChI=1S/C21H25N3O3/c25-21(24-17-5-3-1-2-4-6-17)16-9-10-22-20(12-16)23-13-15-7-8-18-19(11-15)27-14-26-18/h7-12,17H,1-6,13-14H2,(H,22,23)(H,24,25). The van der Waals surface area contributed by atoms with Crippen LogP contribution in [-0.2, 0) is 6.54 Å². The number of amides is 1. The van der Waals surface area contributed by atoms with Crippen LogP contribution in [0.2, 0.25) is 0 Å². The zero-order valence-electron chi connectivity index (χ0n) is 15.4. The van der Waals surface area contributed by atoms with E-state index in [1.807, 2.05) is 18.2 Å². The number of fused-ring (bicyclic) bond motifs is 1. The molecule has 2 aromatic rings. The number of ether oxygens (including phenoxy) is 2. The lowest BCUT2D eigenvalue weighted by atomic mass is 10.1. The lowest BCUT2D eigenvalue weighted by molar-refractivity contribution is 0.0933. The van der Waals surface area contributed by atoms with Crippen LogP contribution < -0.4 is 20.1 Å². The van der Waals surface area contributed by atoms with Crippen LogP contribution in [0.25, 0.3) is 0 Å². The van der Waals surface area contributed by atoms with Gasteiger partial charge in [-0.3, -0.25) is 4.79 Å². The SMILES string of the molecule is O=C(NC1CCCCCC1)c1ccnc(NCc2ccc3c(c2)OCO3)c1. The first kappa shape index (κ1) is 17.6. The molecule has 0 spiro atoms. The Labute approximate surface area is 159 Å². The van der Waals surface area contributed by atoms with Gasteiger partial charge < -0.3 is 20.1 Å². The summed E-state index contributed by atoms with van der Waals surface area (Å²) in [6.07, 6.45) is 8.76. The molecular weight excluding hydrogens is 342 g/mol. The van der Waals surface area contributed by atoms with Crippen molar-refractivity contribution in [3.63, 3.8) is 0 Å².